The fourth-order valence-corrected chi connectivity index (χ4v) is 4.57. The molecule has 9 nitrogen and oxygen atoms in total. The summed E-state index contributed by atoms with van der Waals surface area (Å²) in [4.78, 5) is 26.3. The molecule has 3 aromatic rings. The van der Waals surface area contributed by atoms with Crippen molar-refractivity contribution < 1.29 is 41.5 Å². The second-order valence-corrected chi connectivity index (χ2v) is 8.96. The molecule has 0 bridgehead atoms. The van der Waals surface area contributed by atoms with E-state index < -0.39 is 35.9 Å². The van der Waals surface area contributed by atoms with E-state index >= 15 is 0 Å². The van der Waals surface area contributed by atoms with E-state index in [1.165, 1.54) is 17.0 Å². The highest BCUT2D eigenvalue weighted by atomic mass is 32.2. The molecule has 0 saturated carbocycles. The van der Waals surface area contributed by atoms with Gasteiger partial charge in [-0.3, -0.25) is 0 Å². The summed E-state index contributed by atoms with van der Waals surface area (Å²) < 4.78 is 65.6. The van der Waals surface area contributed by atoms with Crippen LogP contribution in [0.5, 0.6) is 0 Å². The number of benzene rings is 2. The highest BCUT2D eigenvalue weighted by Crippen LogP contribution is 2.43. The first-order chi connectivity index (χ1) is 18.1. The van der Waals surface area contributed by atoms with Crippen molar-refractivity contribution in [1.82, 2.24) is 9.97 Å². The number of nitrogens with two attached hydrogens (primary N) is 1. The molecule has 0 unspecified atom stereocenters. The number of carbonyl (C=O) groups is 1. The number of carbonyl (C=O) groups excluding carboxylic acids is 1. The summed E-state index contributed by atoms with van der Waals surface area (Å²) in [5.74, 6) is 1.88. The van der Waals surface area contributed by atoms with Crippen molar-refractivity contribution in [3.63, 3.8) is 0 Å². The van der Waals surface area contributed by atoms with Crippen LogP contribution in [0.2, 0.25) is 0 Å². The molecule has 1 aliphatic heterocycles. The third kappa shape index (κ3) is 6.05. The number of nitrogens with zero attached hydrogens (tertiary/aromatic N) is 3. The lowest BCUT2D eigenvalue weighted by molar-refractivity contribution is -0.195. The number of ether oxygens (including phenoxy) is 1. The number of rotatable bonds is 8. The molecular formula is C24H22F4N4O5S. The van der Waals surface area contributed by atoms with Gasteiger partial charge in [0.15, 0.2) is 0 Å². The minimum atomic E-state index is -4.95. The molecule has 2 aromatic carbocycles. The molecule has 2 heterocycles. The van der Waals surface area contributed by atoms with E-state index in [4.69, 9.17) is 10.6 Å². The van der Waals surface area contributed by atoms with E-state index in [-0.39, 0.29) is 42.2 Å². The Bertz CT molecular complexity index is 1300. The van der Waals surface area contributed by atoms with Crippen molar-refractivity contribution in [2.45, 2.75) is 36.6 Å². The van der Waals surface area contributed by atoms with Gasteiger partial charge in [0, 0.05) is 23.4 Å². The van der Waals surface area contributed by atoms with E-state index in [9.17, 15) is 27.5 Å². The summed E-state index contributed by atoms with van der Waals surface area (Å²) in [6.07, 6.45) is -6.07. The number of aliphatic hydroxyl groups excluding tert-OH is 1. The highest BCUT2D eigenvalue weighted by molar-refractivity contribution is 7.94. The van der Waals surface area contributed by atoms with Crippen LogP contribution in [0.25, 0.3) is 22.4 Å². The molecule has 38 heavy (non-hydrogen) atoms. The van der Waals surface area contributed by atoms with Gasteiger partial charge in [-0.2, -0.15) is 19.1 Å². The van der Waals surface area contributed by atoms with Crippen molar-refractivity contribution in [2.75, 3.05) is 18.1 Å². The maximum atomic E-state index is 14.0. The van der Waals surface area contributed by atoms with Gasteiger partial charge in [0.2, 0.25) is 5.82 Å². The molecule has 0 spiro atoms. The van der Waals surface area contributed by atoms with E-state index in [1.54, 1.807) is 31.2 Å². The molecule has 1 fully saturated rings. The minimum Gasteiger partial charge on any atom is -0.464 e. The van der Waals surface area contributed by atoms with Crippen molar-refractivity contribution in [1.29, 1.82) is 0 Å². The first-order valence-electron chi connectivity index (χ1n) is 11.3. The average molecular weight is 555 g/mol. The fraction of sp³-hybridized carbons (Fsp3) is 0.292. The van der Waals surface area contributed by atoms with E-state index in [0.717, 1.165) is 24.2 Å². The third-order valence-corrected chi connectivity index (χ3v) is 6.26. The van der Waals surface area contributed by atoms with E-state index in [0.29, 0.717) is 10.5 Å². The van der Waals surface area contributed by atoms with Gasteiger partial charge in [-0.15, -0.1) is 9.32 Å². The molecule has 202 valence electrons. The van der Waals surface area contributed by atoms with Gasteiger partial charge in [0.05, 0.1) is 36.0 Å². The number of aromatic nitrogens is 2. The molecule has 0 amide bonds. The zero-order valence-corrected chi connectivity index (χ0v) is 20.6. The topological polar surface area (TPSA) is 120 Å². The zero-order valence-electron chi connectivity index (χ0n) is 19.8. The van der Waals surface area contributed by atoms with Crippen LogP contribution >= 0.6 is 12.0 Å². The zero-order chi connectivity index (χ0) is 27.4. The number of aliphatic hydroxyl groups is 1. The molecule has 1 aliphatic rings. The molecule has 0 aliphatic carbocycles. The summed E-state index contributed by atoms with van der Waals surface area (Å²) in [6, 6.07) is 10.1. The summed E-state index contributed by atoms with van der Waals surface area (Å²) in [6.45, 7) is 1.44. The van der Waals surface area contributed by atoms with Gasteiger partial charge in [0.25, 0.3) is 0 Å². The lowest BCUT2D eigenvalue weighted by Crippen LogP contribution is -2.38. The van der Waals surface area contributed by atoms with Crippen molar-refractivity contribution >= 4 is 23.8 Å². The van der Waals surface area contributed by atoms with Crippen LogP contribution in [0.3, 0.4) is 0 Å². The third-order valence-electron chi connectivity index (χ3n) is 5.66. The SMILES string of the molecule is CCOC(=O)[C@@H]1C[C@@H](O)CN1c1nc(C(F)(F)F)nc(-c2ccc(F)cc2)c1-c1cccc(SOON)c1. The summed E-state index contributed by atoms with van der Waals surface area (Å²) >= 11 is 0.745. The number of β-amino-alcohol motifs (C(OH)–C–C–N with tert-alkyl or cyclic N) is 1. The predicted molar refractivity (Wildman–Crippen MR) is 128 cm³/mol. The van der Waals surface area contributed by atoms with Gasteiger partial charge in [-0.1, -0.05) is 12.1 Å². The molecule has 4 rings (SSSR count). The van der Waals surface area contributed by atoms with Crippen LogP contribution in [-0.2, 0) is 25.0 Å². The molecular weight excluding hydrogens is 532 g/mol. The van der Waals surface area contributed by atoms with E-state index in [2.05, 4.69) is 19.3 Å². The Labute approximate surface area is 218 Å². The monoisotopic (exact) mass is 554 g/mol. The van der Waals surface area contributed by atoms with Gasteiger partial charge in [-0.25, -0.2) is 19.2 Å². The van der Waals surface area contributed by atoms with Crippen LogP contribution in [0.15, 0.2) is 53.4 Å². The van der Waals surface area contributed by atoms with Crippen LogP contribution in [0, 0.1) is 5.82 Å². The fourth-order valence-electron chi connectivity index (χ4n) is 4.14. The standard InChI is InChI=1S/C24H22F4N4O5S/c1-2-35-22(34)18-11-16(33)12-32(18)21-19(14-4-3-5-17(10-14)38-37-36-29)20(13-6-8-15(25)9-7-13)30-23(31-21)24(26,27)28/h3-10,16,18,33H,2,11-12,29H2,1H3/t16-,18+/m1/s1. The minimum absolute atomic E-state index is 0.0347. The van der Waals surface area contributed by atoms with Gasteiger partial charge in [-0.05, 0) is 48.9 Å². The van der Waals surface area contributed by atoms with Crippen LogP contribution in [0.4, 0.5) is 23.4 Å². The second-order valence-electron chi connectivity index (χ2n) is 8.18. The second kappa shape index (κ2) is 11.6. The number of alkyl halides is 3. The van der Waals surface area contributed by atoms with Crippen molar-refractivity contribution in [2.24, 2.45) is 5.90 Å². The van der Waals surface area contributed by atoms with Crippen LogP contribution in [0.1, 0.15) is 19.2 Å². The number of hydrogen-bond acceptors (Lipinski definition) is 10. The van der Waals surface area contributed by atoms with E-state index in [1.807, 2.05) is 0 Å². The van der Waals surface area contributed by atoms with Crippen LogP contribution in [-0.4, -0.2) is 46.3 Å². The van der Waals surface area contributed by atoms with Crippen molar-refractivity contribution in [3.05, 3.63) is 60.2 Å². The Morgan fingerprint density at radius 1 is 1.18 bits per heavy atom. The number of esters is 1. The average Bonchev–Trinajstić information content (AvgIpc) is 3.28. The molecule has 3 N–H and O–H groups in total. The summed E-state index contributed by atoms with van der Waals surface area (Å²) in [5, 5.41) is 10.4. The quantitative estimate of drug-likeness (QED) is 0.137. The van der Waals surface area contributed by atoms with Gasteiger partial charge in [0.1, 0.15) is 17.7 Å². The maximum Gasteiger partial charge on any atom is 0.451 e. The molecule has 0 radical (unpaired) electrons. The number of anilines is 1. The molecule has 1 saturated heterocycles. The Morgan fingerprint density at radius 2 is 1.92 bits per heavy atom. The van der Waals surface area contributed by atoms with Gasteiger partial charge >= 0.3 is 12.1 Å². The summed E-state index contributed by atoms with van der Waals surface area (Å²) in [5.41, 5.74) is 0.471. The molecule has 2 atom stereocenters. The van der Waals surface area contributed by atoms with Gasteiger partial charge < -0.3 is 14.7 Å². The number of halogens is 4. The lowest BCUT2D eigenvalue weighted by Gasteiger charge is -2.28. The first-order valence-corrected chi connectivity index (χ1v) is 12.0. The normalized spacial score (nSPS) is 17.6. The highest BCUT2D eigenvalue weighted by Gasteiger charge is 2.42. The maximum absolute atomic E-state index is 14.0. The Kier molecular flexibility index (Phi) is 8.47. The predicted octanol–water partition coefficient (Wildman–Crippen LogP) is 4.30. The molecule has 1 aromatic heterocycles. The summed E-state index contributed by atoms with van der Waals surface area (Å²) in [7, 11) is 0. The Morgan fingerprint density at radius 3 is 2.58 bits per heavy atom. The Hall–Kier alpha value is -3.30. The Balaban J connectivity index is 2.02. The van der Waals surface area contributed by atoms with Crippen molar-refractivity contribution in [3.8, 4) is 22.4 Å². The van der Waals surface area contributed by atoms with Crippen LogP contribution < -0.4 is 10.8 Å². The lowest BCUT2D eigenvalue weighted by atomic mass is 9.98. The largest absolute Gasteiger partial charge is 0.464 e. The smallest absolute Gasteiger partial charge is 0.451 e. The first kappa shape index (κ1) is 27.7. The number of hydrogen-bond donors (Lipinski definition) is 2. The molecule has 14 heteroatoms.